The summed E-state index contributed by atoms with van der Waals surface area (Å²) >= 11 is 0. The van der Waals surface area contributed by atoms with Crippen LogP contribution in [0, 0.1) is 5.92 Å². The molecule has 0 saturated carbocycles. The van der Waals surface area contributed by atoms with Gasteiger partial charge in [0.05, 0.1) is 5.92 Å². The van der Waals surface area contributed by atoms with Crippen molar-refractivity contribution < 1.29 is 18.3 Å². The van der Waals surface area contributed by atoms with E-state index in [0.717, 1.165) is 8.61 Å². The smallest absolute Gasteiger partial charge is 0.309 e. The van der Waals surface area contributed by atoms with E-state index in [4.69, 9.17) is 5.11 Å². The van der Waals surface area contributed by atoms with Crippen LogP contribution in [0.25, 0.3) is 0 Å². The predicted molar refractivity (Wildman–Crippen MR) is 45.3 cm³/mol. The van der Waals surface area contributed by atoms with Crippen LogP contribution in [0.5, 0.6) is 0 Å². The zero-order valence-electron chi connectivity index (χ0n) is 7.47. The highest BCUT2D eigenvalue weighted by Crippen LogP contribution is 2.16. The van der Waals surface area contributed by atoms with Crippen LogP contribution < -0.4 is 0 Å². The number of carboxylic acid groups (broad SMARTS) is 1. The van der Waals surface area contributed by atoms with E-state index in [1.807, 2.05) is 0 Å². The van der Waals surface area contributed by atoms with Gasteiger partial charge in [0.1, 0.15) is 0 Å². The molecule has 1 saturated heterocycles. The average molecular weight is 208 g/mol. The number of nitrogens with zero attached hydrogens (tertiary/aromatic N) is 2. The summed E-state index contributed by atoms with van der Waals surface area (Å²) in [6.07, 6.45) is 0. The topological polar surface area (TPSA) is 77.9 Å². The summed E-state index contributed by atoms with van der Waals surface area (Å²) in [6.45, 7) is 0.0873. The van der Waals surface area contributed by atoms with E-state index < -0.39 is 22.1 Å². The second kappa shape index (κ2) is 3.24. The molecule has 13 heavy (non-hydrogen) atoms. The zero-order chi connectivity index (χ0) is 10.2. The highest BCUT2D eigenvalue weighted by molar-refractivity contribution is 7.86. The van der Waals surface area contributed by atoms with Gasteiger partial charge in [-0.2, -0.15) is 17.0 Å². The first-order valence-corrected chi connectivity index (χ1v) is 5.16. The van der Waals surface area contributed by atoms with Crippen LogP contribution in [0.2, 0.25) is 0 Å². The number of aliphatic carboxylic acids is 1. The zero-order valence-corrected chi connectivity index (χ0v) is 8.28. The van der Waals surface area contributed by atoms with E-state index in [1.54, 1.807) is 0 Å². The lowest BCUT2D eigenvalue weighted by Crippen LogP contribution is -2.52. The van der Waals surface area contributed by atoms with Crippen molar-refractivity contribution in [1.29, 1.82) is 0 Å². The lowest BCUT2D eigenvalue weighted by atomic mass is 10.1. The lowest BCUT2D eigenvalue weighted by Gasteiger charge is -2.33. The lowest BCUT2D eigenvalue weighted by molar-refractivity contribution is -0.142. The van der Waals surface area contributed by atoms with Crippen molar-refractivity contribution in [1.82, 2.24) is 8.61 Å². The third-order valence-corrected chi connectivity index (χ3v) is 3.97. The van der Waals surface area contributed by atoms with Gasteiger partial charge in [-0.25, -0.2) is 0 Å². The molecule has 0 aromatic carbocycles. The Hall–Kier alpha value is -0.660. The van der Waals surface area contributed by atoms with Gasteiger partial charge in [-0.1, -0.05) is 0 Å². The monoisotopic (exact) mass is 208 g/mol. The van der Waals surface area contributed by atoms with Crippen LogP contribution in [-0.4, -0.2) is 55.3 Å². The highest BCUT2D eigenvalue weighted by Gasteiger charge is 2.36. The summed E-state index contributed by atoms with van der Waals surface area (Å²) in [5.41, 5.74) is 0. The maximum absolute atomic E-state index is 11.3. The minimum Gasteiger partial charge on any atom is -0.481 e. The quantitative estimate of drug-likeness (QED) is 0.587. The first-order valence-electron chi connectivity index (χ1n) is 3.76. The summed E-state index contributed by atoms with van der Waals surface area (Å²) in [5, 5.41) is 8.70. The molecular formula is C6H12N2O4S. The molecule has 0 atom stereocenters. The standard InChI is InChI=1S/C6H12N2O4S/c1-7-3-5(6(9)10)4-8(2)13(7,11)12/h5H,3-4H2,1-2H3,(H,9,10). The van der Waals surface area contributed by atoms with Crippen molar-refractivity contribution in [3.05, 3.63) is 0 Å². The number of carbonyl (C=O) groups is 1. The van der Waals surface area contributed by atoms with Crippen molar-refractivity contribution in [2.75, 3.05) is 27.2 Å². The highest BCUT2D eigenvalue weighted by atomic mass is 32.2. The molecule has 0 unspecified atom stereocenters. The third kappa shape index (κ3) is 1.82. The Morgan fingerprint density at radius 3 is 2.00 bits per heavy atom. The van der Waals surface area contributed by atoms with Gasteiger partial charge in [-0.05, 0) is 0 Å². The molecule has 1 aliphatic heterocycles. The third-order valence-electron chi connectivity index (χ3n) is 2.09. The molecule has 0 spiro atoms. The fraction of sp³-hybridized carbons (Fsp3) is 0.833. The maximum Gasteiger partial charge on any atom is 0.309 e. The van der Waals surface area contributed by atoms with Crippen molar-refractivity contribution in [2.24, 2.45) is 5.92 Å². The summed E-state index contributed by atoms with van der Waals surface area (Å²) in [7, 11) is -0.651. The Morgan fingerprint density at radius 2 is 1.69 bits per heavy atom. The van der Waals surface area contributed by atoms with Gasteiger partial charge in [0.25, 0.3) is 10.2 Å². The van der Waals surface area contributed by atoms with E-state index in [2.05, 4.69) is 0 Å². The van der Waals surface area contributed by atoms with Crippen LogP contribution in [0.4, 0.5) is 0 Å². The van der Waals surface area contributed by atoms with Gasteiger partial charge in [0.15, 0.2) is 0 Å². The molecule has 0 bridgehead atoms. The Kier molecular flexibility index (Phi) is 2.60. The Balaban J connectivity index is 2.85. The average Bonchev–Trinajstić information content (AvgIpc) is 2.00. The van der Waals surface area contributed by atoms with Gasteiger partial charge < -0.3 is 5.11 Å². The van der Waals surface area contributed by atoms with Crippen molar-refractivity contribution in [3.63, 3.8) is 0 Å². The van der Waals surface area contributed by atoms with E-state index in [-0.39, 0.29) is 13.1 Å². The molecular weight excluding hydrogens is 196 g/mol. The Bertz CT molecular complexity index is 295. The van der Waals surface area contributed by atoms with Gasteiger partial charge >= 0.3 is 5.97 Å². The number of rotatable bonds is 1. The molecule has 0 aromatic heterocycles. The second-order valence-electron chi connectivity index (χ2n) is 3.10. The van der Waals surface area contributed by atoms with Crippen molar-refractivity contribution in [3.8, 4) is 0 Å². The van der Waals surface area contributed by atoms with E-state index in [0.29, 0.717) is 0 Å². The molecule has 1 N–H and O–H groups in total. The molecule has 1 aliphatic rings. The van der Waals surface area contributed by atoms with Crippen LogP contribution in [-0.2, 0) is 15.0 Å². The maximum atomic E-state index is 11.3. The van der Waals surface area contributed by atoms with Crippen LogP contribution in [0.15, 0.2) is 0 Å². The minimum atomic E-state index is -3.40. The first kappa shape index (κ1) is 10.4. The SMILES string of the molecule is CN1CC(C(=O)O)CN(C)S1(=O)=O. The molecule has 0 radical (unpaired) electrons. The normalized spacial score (nSPS) is 26.0. The van der Waals surface area contributed by atoms with Gasteiger partial charge in [-0.3, -0.25) is 4.79 Å². The second-order valence-corrected chi connectivity index (χ2v) is 5.25. The molecule has 1 rings (SSSR count). The fourth-order valence-electron chi connectivity index (χ4n) is 1.26. The van der Waals surface area contributed by atoms with Gasteiger partial charge in [-0.15, -0.1) is 0 Å². The van der Waals surface area contributed by atoms with Gasteiger partial charge in [0.2, 0.25) is 0 Å². The van der Waals surface area contributed by atoms with Crippen LogP contribution >= 0.6 is 0 Å². The van der Waals surface area contributed by atoms with E-state index in [9.17, 15) is 13.2 Å². The molecule has 0 aromatic rings. The van der Waals surface area contributed by atoms with Crippen LogP contribution in [0.1, 0.15) is 0 Å². The Morgan fingerprint density at radius 1 is 1.31 bits per heavy atom. The predicted octanol–water partition coefficient (Wildman–Crippen LogP) is -1.19. The van der Waals surface area contributed by atoms with Crippen molar-refractivity contribution >= 4 is 16.2 Å². The summed E-state index contributed by atoms with van der Waals surface area (Å²) in [4.78, 5) is 10.6. The molecule has 76 valence electrons. The molecule has 1 heterocycles. The minimum absolute atomic E-state index is 0.0437. The number of carboxylic acids is 1. The van der Waals surface area contributed by atoms with Crippen molar-refractivity contribution in [2.45, 2.75) is 0 Å². The molecule has 7 heteroatoms. The molecule has 6 nitrogen and oxygen atoms in total. The van der Waals surface area contributed by atoms with Crippen LogP contribution in [0.3, 0.4) is 0 Å². The number of hydrogen-bond donors (Lipinski definition) is 1. The largest absolute Gasteiger partial charge is 0.481 e. The molecule has 0 aliphatic carbocycles. The Labute approximate surface area is 76.9 Å². The molecule has 0 amide bonds. The first-order chi connectivity index (χ1) is 5.85. The summed E-state index contributed by atoms with van der Waals surface area (Å²) in [6, 6.07) is 0. The van der Waals surface area contributed by atoms with Gasteiger partial charge in [0, 0.05) is 27.2 Å². The van der Waals surface area contributed by atoms with E-state index in [1.165, 1.54) is 14.1 Å². The summed E-state index contributed by atoms with van der Waals surface area (Å²) in [5.74, 6) is -1.60. The fourth-order valence-corrected chi connectivity index (χ4v) is 2.47. The summed E-state index contributed by atoms with van der Waals surface area (Å²) < 4.78 is 24.8. The number of hydrogen-bond acceptors (Lipinski definition) is 3. The van der Waals surface area contributed by atoms with E-state index >= 15 is 0 Å². The molecule has 1 fully saturated rings.